The highest BCUT2D eigenvalue weighted by Crippen LogP contribution is 2.36. The molecule has 3 nitrogen and oxygen atoms in total. The molecular formula is C17H18FN3. The van der Waals surface area contributed by atoms with Crippen molar-refractivity contribution < 1.29 is 4.39 Å². The quantitative estimate of drug-likeness (QED) is 0.919. The molecule has 2 aromatic rings. The minimum absolute atomic E-state index is 0.259. The summed E-state index contributed by atoms with van der Waals surface area (Å²) in [5.41, 5.74) is 8.92. The number of anilines is 1. The van der Waals surface area contributed by atoms with E-state index < -0.39 is 0 Å². The molecule has 1 atom stereocenters. The number of halogens is 1. The minimum Gasteiger partial charge on any atom is -0.369 e. The van der Waals surface area contributed by atoms with Crippen molar-refractivity contribution in [1.82, 2.24) is 0 Å². The van der Waals surface area contributed by atoms with Crippen molar-refractivity contribution in [3.8, 4) is 0 Å². The fourth-order valence-electron chi connectivity index (χ4n) is 2.77. The van der Waals surface area contributed by atoms with Crippen LogP contribution in [0.4, 0.5) is 10.1 Å². The van der Waals surface area contributed by atoms with Gasteiger partial charge in [-0.25, -0.2) is 4.39 Å². The smallest absolute Gasteiger partial charge is 0.196 e. The Hall–Kier alpha value is -2.36. The molecule has 1 heterocycles. The molecule has 0 aromatic heterocycles. The fraction of sp³-hybridized carbons (Fsp3) is 0.235. The lowest BCUT2D eigenvalue weighted by atomic mass is 9.90. The Labute approximate surface area is 123 Å². The molecular weight excluding hydrogens is 265 g/mol. The van der Waals surface area contributed by atoms with Gasteiger partial charge in [-0.3, -0.25) is 4.99 Å². The summed E-state index contributed by atoms with van der Waals surface area (Å²) in [6.45, 7) is 4.74. The number of nitrogens with two attached hydrogens (primary N) is 1. The van der Waals surface area contributed by atoms with Crippen molar-refractivity contribution in [2.75, 3.05) is 11.4 Å². The first-order valence-electron chi connectivity index (χ1n) is 6.93. The van der Waals surface area contributed by atoms with E-state index in [1.54, 1.807) is 12.1 Å². The van der Waals surface area contributed by atoms with Crippen molar-refractivity contribution in [3.05, 3.63) is 65.5 Å². The van der Waals surface area contributed by atoms with E-state index in [-0.39, 0.29) is 11.4 Å². The van der Waals surface area contributed by atoms with E-state index >= 15 is 0 Å². The molecule has 0 bridgehead atoms. The van der Waals surface area contributed by atoms with Gasteiger partial charge in [0, 0.05) is 5.69 Å². The predicted octanol–water partition coefficient (Wildman–Crippen LogP) is 3.18. The second-order valence-corrected chi connectivity index (χ2v) is 5.63. The fourth-order valence-corrected chi connectivity index (χ4v) is 2.77. The molecule has 1 aliphatic rings. The number of nitrogens with zero attached hydrogens (tertiary/aromatic N) is 2. The summed E-state index contributed by atoms with van der Waals surface area (Å²) in [5.74, 6) is 0.204. The average Bonchev–Trinajstić information content (AvgIpc) is 2.78. The van der Waals surface area contributed by atoms with Crippen LogP contribution in [0.1, 0.15) is 18.1 Å². The van der Waals surface area contributed by atoms with Gasteiger partial charge in [-0.15, -0.1) is 0 Å². The summed E-state index contributed by atoms with van der Waals surface area (Å²) < 4.78 is 13.2. The van der Waals surface area contributed by atoms with Gasteiger partial charge in [0.2, 0.25) is 0 Å². The number of aliphatic imine (C=N–C) groups is 1. The van der Waals surface area contributed by atoms with E-state index in [2.05, 4.69) is 43.1 Å². The molecule has 0 amide bonds. The first kappa shape index (κ1) is 13.6. The molecule has 3 rings (SSSR count). The lowest BCUT2D eigenvalue weighted by Crippen LogP contribution is -2.47. The van der Waals surface area contributed by atoms with Crippen LogP contribution in [0.2, 0.25) is 0 Å². The molecule has 0 fully saturated rings. The Bertz CT molecular complexity index is 676. The van der Waals surface area contributed by atoms with Crippen LogP contribution in [0, 0.1) is 12.7 Å². The van der Waals surface area contributed by atoms with Crippen molar-refractivity contribution in [1.29, 1.82) is 0 Å². The number of benzene rings is 2. The van der Waals surface area contributed by atoms with E-state index in [0.29, 0.717) is 12.5 Å². The highest BCUT2D eigenvalue weighted by Gasteiger charge is 2.40. The van der Waals surface area contributed by atoms with Gasteiger partial charge in [0.25, 0.3) is 0 Å². The zero-order chi connectivity index (χ0) is 15.0. The van der Waals surface area contributed by atoms with E-state index in [1.807, 2.05) is 4.90 Å². The molecule has 0 aliphatic carbocycles. The number of aryl methyl sites for hydroxylation is 1. The summed E-state index contributed by atoms with van der Waals surface area (Å²) in [4.78, 5) is 6.36. The first-order valence-corrected chi connectivity index (χ1v) is 6.93. The van der Waals surface area contributed by atoms with Gasteiger partial charge < -0.3 is 10.6 Å². The summed E-state index contributed by atoms with van der Waals surface area (Å²) in [5, 5.41) is 0. The van der Waals surface area contributed by atoms with Crippen molar-refractivity contribution in [3.63, 3.8) is 0 Å². The molecule has 0 saturated heterocycles. The summed E-state index contributed by atoms with van der Waals surface area (Å²) in [7, 11) is 0. The molecule has 4 heteroatoms. The summed E-state index contributed by atoms with van der Waals surface area (Å²) in [6, 6.07) is 14.7. The van der Waals surface area contributed by atoms with Crippen molar-refractivity contribution >= 4 is 11.6 Å². The average molecular weight is 283 g/mol. The van der Waals surface area contributed by atoms with Crippen molar-refractivity contribution in [2.45, 2.75) is 19.4 Å². The number of hydrogen-bond donors (Lipinski definition) is 1. The van der Waals surface area contributed by atoms with Gasteiger partial charge in [-0.1, -0.05) is 29.8 Å². The standard InChI is InChI=1S/C17H18FN3/c1-12-3-5-13(6-4-12)17(2)11-20-16(19)21(17)15-9-7-14(18)8-10-15/h3-10H,11H2,1-2H3,(H2,19,20). The third-order valence-corrected chi connectivity index (χ3v) is 4.03. The molecule has 0 radical (unpaired) electrons. The summed E-state index contributed by atoms with van der Waals surface area (Å²) >= 11 is 0. The zero-order valence-corrected chi connectivity index (χ0v) is 12.2. The molecule has 1 unspecified atom stereocenters. The summed E-state index contributed by atoms with van der Waals surface area (Å²) in [6.07, 6.45) is 0. The SMILES string of the molecule is Cc1ccc(C2(C)CN=C(N)N2c2ccc(F)cc2)cc1. The molecule has 108 valence electrons. The van der Waals surface area contributed by atoms with Crippen LogP contribution in [-0.2, 0) is 5.54 Å². The molecule has 21 heavy (non-hydrogen) atoms. The zero-order valence-electron chi connectivity index (χ0n) is 12.2. The maximum atomic E-state index is 13.2. The topological polar surface area (TPSA) is 41.6 Å². The maximum Gasteiger partial charge on any atom is 0.196 e. The van der Waals surface area contributed by atoms with E-state index in [1.165, 1.54) is 17.7 Å². The van der Waals surface area contributed by atoms with Gasteiger partial charge in [0.1, 0.15) is 5.82 Å². The Morgan fingerprint density at radius 2 is 1.71 bits per heavy atom. The molecule has 2 aromatic carbocycles. The Balaban J connectivity index is 2.05. The lowest BCUT2D eigenvalue weighted by Gasteiger charge is -2.36. The Morgan fingerprint density at radius 1 is 1.10 bits per heavy atom. The van der Waals surface area contributed by atoms with Gasteiger partial charge in [-0.05, 0) is 43.7 Å². The largest absolute Gasteiger partial charge is 0.369 e. The number of hydrogen-bond acceptors (Lipinski definition) is 3. The first-order chi connectivity index (χ1) is 10.0. The molecule has 0 spiro atoms. The van der Waals surface area contributed by atoms with Crippen LogP contribution >= 0.6 is 0 Å². The molecule has 0 saturated carbocycles. The third kappa shape index (κ3) is 2.27. The third-order valence-electron chi connectivity index (χ3n) is 4.03. The monoisotopic (exact) mass is 283 g/mol. The van der Waals surface area contributed by atoms with Crippen LogP contribution < -0.4 is 10.6 Å². The Morgan fingerprint density at radius 3 is 2.33 bits per heavy atom. The highest BCUT2D eigenvalue weighted by molar-refractivity contribution is 5.98. The van der Waals surface area contributed by atoms with Crippen LogP contribution in [0.15, 0.2) is 53.5 Å². The van der Waals surface area contributed by atoms with Crippen LogP contribution in [0.25, 0.3) is 0 Å². The second kappa shape index (κ2) is 4.88. The van der Waals surface area contributed by atoms with E-state index in [4.69, 9.17) is 5.73 Å². The lowest BCUT2D eigenvalue weighted by molar-refractivity contribution is 0.532. The van der Waals surface area contributed by atoms with E-state index in [9.17, 15) is 4.39 Å². The van der Waals surface area contributed by atoms with Gasteiger partial charge in [0.05, 0.1) is 12.1 Å². The van der Waals surface area contributed by atoms with E-state index in [0.717, 1.165) is 11.3 Å². The molecule has 2 N–H and O–H groups in total. The predicted molar refractivity (Wildman–Crippen MR) is 83.9 cm³/mol. The number of rotatable bonds is 2. The van der Waals surface area contributed by atoms with Crippen LogP contribution in [-0.4, -0.2) is 12.5 Å². The maximum absolute atomic E-state index is 13.2. The minimum atomic E-state index is -0.352. The normalized spacial score (nSPS) is 21.5. The van der Waals surface area contributed by atoms with Gasteiger partial charge in [0.15, 0.2) is 5.96 Å². The van der Waals surface area contributed by atoms with Gasteiger partial charge in [-0.2, -0.15) is 0 Å². The second-order valence-electron chi connectivity index (χ2n) is 5.63. The highest BCUT2D eigenvalue weighted by atomic mass is 19.1. The van der Waals surface area contributed by atoms with Crippen LogP contribution in [0.3, 0.4) is 0 Å². The molecule has 1 aliphatic heterocycles. The van der Waals surface area contributed by atoms with Crippen molar-refractivity contribution in [2.24, 2.45) is 10.7 Å². The Kier molecular flexibility index (Phi) is 3.16. The number of guanidine groups is 1. The van der Waals surface area contributed by atoms with Crippen LogP contribution in [0.5, 0.6) is 0 Å². The van der Waals surface area contributed by atoms with Gasteiger partial charge >= 0.3 is 0 Å².